The quantitative estimate of drug-likeness (QED) is 0.522. The van der Waals surface area contributed by atoms with Crippen LogP contribution in [-0.2, 0) is 4.79 Å². The standard InChI is InChI=1S/C21H22N8O2/c1-14-12-22-21(31)29(14)17-5-3-2-4-16(17)24-20(30)15-8-10-27(11-9-15)19-7-6-18-25-23-13-28(18)26-19/h2-7,12-13,15H,8-11H2,1H3,(H,22,31)(H,24,30). The fourth-order valence-corrected chi connectivity index (χ4v) is 4.02. The van der Waals surface area contributed by atoms with E-state index < -0.39 is 0 Å². The highest BCUT2D eigenvalue weighted by atomic mass is 16.2. The van der Waals surface area contributed by atoms with Gasteiger partial charge in [-0.2, -0.15) is 4.52 Å². The van der Waals surface area contributed by atoms with Crippen molar-refractivity contribution in [1.29, 1.82) is 0 Å². The van der Waals surface area contributed by atoms with E-state index in [1.807, 2.05) is 43.3 Å². The fraction of sp³-hybridized carbons (Fsp3) is 0.286. The summed E-state index contributed by atoms with van der Waals surface area (Å²) in [5.74, 6) is 0.710. The van der Waals surface area contributed by atoms with Crippen molar-refractivity contribution in [3.8, 4) is 5.69 Å². The minimum atomic E-state index is -0.231. The Balaban J connectivity index is 1.28. The average Bonchev–Trinajstić information content (AvgIpc) is 3.40. The molecule has 158 valence electrons. The number of benzene rings is 1. The van der Waals surface area contributed by atoms with Crippen LogP contribution in [0.1, 0.15) is 18.5 Å². The zero-order chi connectivity index (χ0) is 21.4. The summed E-state index contributed by atoms with van der Waals surface area (Å²) in [6, 6.07) is 11.2. The Labute approximate surface area is 177 Å². The number of nitrogens with one attached hydrogen (secondary N) is 2. The van der Waals surface area contributed by atoms with Gasteiger partial charge in [-0.1, -0.05) is 12.1 Å². The number of piperidine rings is 1. The molecule has 0 bridgehead atoms. The fourth-order valence-electron chi connectivity index (χ4n) is 4.02. The van der Waals surface area contributed by atoms with Crippen LogP contribution in [-0.4, -0.2) is 48.4 Å². The van der Waals surface area contributed by atoms with Crippen molar-refractivity contribution < 1.29 is 4.79 Å². The van der Waals surface area contributed by atoms with Crippen molar-refractivity contribution >= 4 is 23.1 Å². The molecule has 1 aliphatic heterocycles. The maximum atomic E-state index is 13.0. The Morgan fingerprint density at radius 2 is 1.97 bits per heavy atom. The van der Waals surface area contributed by atoms with Gasteiger partial charge in [-0.25, -0.2) is 4.79 Å². The number of aromatic nitrogens is 6. The highest BCUT2D eigenvalue weighted by molar-refractivity contribution is 5.94. The van der Waals surface area contributed by atoms with Gasteiger partial charge >= 0.3 is 5.69 Å². The first-order valence-corrected chi connectivity index (χ1v) is 10.2. The molecule has 0 aliphatic carbocycles. The number of imidazole rings is 1. The summed E-state index contributed by atoms with van der Waals surface area (Å²) in [4.78, 5) is 30.0. The van der Waals surface area contributed by atoms with Gasteiger partial charge in [0, 0.05) is 30.9 Å². The van der Waals surface area contributed by atoms with Gasteiger partial charge < -0.3 is 15.2 Å². The first-order chi connectivity index (χ1) is 15.1. The first kappa shape index (κ1) is 19.0. The average molecular weight is 418 g/mol. The molecular formula is C21H22N8O2. The molecule has 5 rings (SSSR count). The van der Waals surface area contributed by atoms with Gasteiger partial charge in [0.2, 0.25) is 5.91 Å². The van der Waals surface area contributed by atoms with Crippen molar-refractivity contribution in [2.45, 2.75) is 19.8 Å². The minimum absolute atomic E-state index is 0.0319. The van der Waals surface area contributed by atoms with Crippen molar-refractivity contribution in [2.75, 3.05) is 23.3 Å². The van der Waals surface area contributed by atoms with Crippen LogP contribution in [0.5, 0.6) is 0 Å². The third-order valence-corrected chi connectivity index (χ3v) is 5.70. The molecule has 1 fully saturated rings. The van der Waals surface area contributed by atoms with Crippen LogP contribution in [0.15, 0.2) is 53.7 Å². The molecule has 4 heterocycles. The van der Waals surface area contributed by atoms with Crippen LogP contribution in [0.4, 0.5) is 11.5 Å². The van der Waals surface area contributed by atoms with Crippen LogP contribution >= 0.6 is 0 Å². The second-order valence-corrected chi connectivity index (χ2v) is 7.66. The smallest absolute Gasteiger partial charge is 0.330 e. The summed E-state index contributed by atoms with van der Waals surface area (Å²) >= 11 is 0. The summed E-state index contributed by atoms with van der Waals surface area (Å²) in [5, 5.41) is 15.4. The van der Waals surface area contributed by atoms with Gasteiger partial charge in [0.1, 0.15) is 12.1 Å². The Morgan fingerprint density at radius 1 is 1.16 bits per heavy atom. The lowest BCUT2D eigenvalue weighted by Crippen LogP contribution is -2.38. The molecule has 2 N–H and O–H groups in total. The topological polar surface area (TPSA) is 113 Å². The lowest BCUT2D eigenvalue weighted by molar-refractivity contribution is -0.120. The summed E-state index contributed by atoms with van der Waals surface area (Å²) in [6.07, 6.45) is 4.67. The van der Waals surface area contributed by atoms with Gasteiger partial charge in [0.15, 0.2) is 5.65 Å². The molecule has 31 heavy (non-hydrogen) atoms. The normalized spacial score (nSPS) is 14.8. The number of amides is 1. The molecule has 1 aromatic carbocycles. The van der Waals surface area contributed by atoms with E-state index in [0.29, 0.717) is 17.0 Å². The van der Waals surface area contributed by atoms with Gasteiger partial charge in [0.25, 0.3) is 0 Å². The maximum Gasteiger partial charge on any atom is 0.330 e. The molecular weight excluding hydrogens is 396 g/mol. The number of H-pyrrole nitrogens is 1. The lowest BCUT2D eigenvalue weighted by atomic mass is 9.95. The summed E-state index contributed by atoms with van der Waals surface area (Å²) in [7, 11) is 0. The molecule has 10 heteroatoms. The highest BCUT2D eigenvalue weighted by Crippen LogP contribution is 2.25. The predicted molar refractivity (Wildman–Crippen MR) is 115 cm³/mol. The first-order valence-electron chi connectivity index (χ1n) is 10.2. The van der Waals surface area contributed by atoms with Crippen LogP contribution < -0.4 is 15.9 Å². The predicted octanol–water partition coefficient (Wildman–Crippen LogP) is 1.77. The number of hydrogen-bond donors (Lipinski definition) is 2. The van der Waals surface area contributed by atoms with Gasteiger partial charge in [-0.3, -0.25) is 9.36 Å². The lowest BCUT2D eigenvalue weighted by Gasteiger charge is -2.32. The van der Waals surface area contributed by atoms with E-state index in [1.165, 1.54) is 0 Å². The number of anilines is 2. The molecule has 0 saturated carbocycles. The number of carbonyl (C=O) groups is 1. The summed E-state index contributed by atoms with van der Waals surface area (Å²) in [6.45, 7) is 3.31. The van der Waals surface area contributed by atoms with Crippen molar-refractivity contribution in [3.63, 3.8) is 0 Å². The number of hydrogen-bond acceptors (Lipinski definition) is 6. The van der Waals surface area contributed by atoms with E-state index in [4.69, 9.17) is 0 Å². The largest absolute Gasteiger partial charge is 0.355 e. The number of rotatable bonds is 4. The molecule has 1 saturated heterocycles. The second kappa shape index (κ2) is 7.71. The third kappa shape index (κ3) is 3.56. The summed E-state index contributed by atoms with van der Waals surface area (Å²) in [5.41, 5.74) is 2.53. The molecule has 1 amide bonds. The second-order valence-electron chi connectivity index (χ2n) is 7.66. The molecule has 0 atom stereocenters. The SMILES string of the molecule is Cc1c[nH]c(=O)n1-c1ccccc1NC(=O)C1CCN(c2ccc3nncn3n2)CC1. The number of fused-ring (bicyclic) bond motifs is 1. The van der Waals surface area contributed by atoms with Crippen LogP contribution in [0, 0.1) is 12.8 Å². The van der Waals surface area contributed by atoms with E-state index >= 15 is 0 Å². The van der Waals surface area contributed by atoms with E-state index in [9.17, 15) is 9.59 Å². The molecule has 4 aromatic rings. The molecule has 10 nitrogen and oxygen atoms in total. The number of carbonyl (C=O) groups excluding carboxylic acids is 1. The molecule has 0 radical (unpaired) electrons. The van der Waals surface area contributed by atoms with E-state index in [-0.39, 0.29) is 17.5 Å². The Hall–Kier alpha value is -3.95. The zero-order valence-electron chi connectivity index (χ0n) is 17.0. The number of aryl methyl sites for hydroxylation is 1. The molecule has 0 unspecified atom stereocenters. The van der Waals surface area contributed by atoms with Crippen LogP contribution in [0.3, 0.4) is 0 Å². The molecule has 3 aromatic heterocycles. The number of nitrogens with zero attached hydrogens (tertiary/aromatic N) is 6. The molecule has 1 aliphatic rings. The highest BCUT2D eigenvalue weighted by Gasteiger charge is 2.26. The van der Waals surface area contributed by atoms with Crippen LogP contribution in [0.25, 0.3) is 11.3 Å². The summed E-state index contributed by atoms with van der Waals surface area (Å²) < 4.78 is 3.21. The Morgan fingerprint density at radius 3 is 2.74 bits per heavy atom. The van der Waals surface area contributed by atoms with E-state index in [0.717, 1.165) is 37.4 Å². The number of para-hydroxylation sites is 2. The third-order valence-electron chi connectivity index (χ3n) is 5.70. The zero-order valence-corrected chi connectivity index (χ0v) is 17.0. The van der Waals surface area contributed by atoms with Gasteiger partial charge in [0.05, 0.1) is 11.4 Å². The Bertz CT molecular complexity index is 1300. The molecule has 0 spiro atoms. The van der Waals surface area contributed by atoms with Crippen molar-refractivity contribution in [2.24, 2.45) is 5.92 Å². The minimum Gasteiger partial charge on any atom is -0.355 e. The van der Waals surface area contributed by atoms with Crippen molar-refractivity contribution in [1.82, 2.24) is 29.4 Å². The Kier molecular flexibility index (Phi) is 4.73. The van der Waals surface area contributed by atoms with Gasteiger partial charge in [-0.15, -0.1) is 15.3 Å². The van der Waals surface area contributed by atoms with E-state index in [2.05, 4.69) is 30.5 Å². The monoisotopic (exact) mass is 418 g/mol. The van der Waals surface area contributed by atoms with Crippen molar-refractivity contribution in [3.05, 3.63) is 65.1 Å². The van der Waals surface area contributed by atoms with Crippen LogP contribution in [0.2, 0.25) is 0 Å². The number of aromatic amines is 1. The maximum absolute atomic E-state index is 13.0. The van der Waals surface area contributed by atoms with Gasteiger partial charge in [-0.05, 0) is 44.0 Å². The van der Waals surface area contributed by atoms with E-state index in [1.54, 1.807) is 21.6 Å².